The largest absolute Gasteiger partial charge is 0.468 e. The van der Waals surface area contributed by atoms with Gasteiger partial charge in [-0.15, -0.1) is 0 Å². The number of rotatable bonds is 3. The number of carbonyl (C=O) groups excluding carboxylic acids is 1. The van der Waals surface area contributed by atoms with Crippen molar-refractivity contribution in [1.82, 2.24) is 9.88 Å². The molecule has 0 radical (unpaired) electrons. The molecule has 98 valence electrons. The Balaban J connectivity index is 2.05. The molecule has 0 aromatic carbocycles. The lowest BCUT2D eigenvalue weighted by atomic mass is 10.2. The summed E-state index contributed by atoms with van der Waals surface area (Å²) >= 11 is 3.35. The van der Waals surface area contributed by atoms with E-state index in [2.05, 4.69) is 20.9 Å². The number of morpholine rings is 1. The molecular formula is C12H15BrN2O3. The van der Waals surface area contributed by atoms with E-state index in [0.717, 1.165) is 10.2 Å². The predicted molar refractivity (Wildman–Crippen MR) is 69.0 cm³/mol. The summed E-state index contributed by atoms with van der Waals surface area (Å²) in [4.78, 5) is 18.0. The van der Waals surface area contributed by atoms with E-state index in [0.29, 0.717) is 26.3 Å². The standard InChI is InChI=1S/C12H15BrN2O3/c1-17-12(16)11-8-18-5-4-15(11)7-10-3-2-9(13)6-14-10/h2-3,6,11H,4-5,7-8H2,1H3. The summed E-state index contributed by atoms with van der Waals surface area (Å²) in [6.45, 7) is 2.33. The highest BCUT2D eigenvalue weighted by Crippen LogP contribution is 2.14. The SMILES string of the molecule is COC(=O)C1COCCN1Cc1ccc(Br)cn1. The predicted octanol–water partition coefficient (Wildman–Crippen LogP) is 1.22. The zero-order valence-corrected chi connectivity index (χ0v) is 11.7. The molecule has 1 aromatic heterocycles. The van der Waals surface area contributed by atoms with Crippen LogP contribution in [0.25, 0.3) is 0 Å². The van der Waals surface area contributed by atoms with Gasteiger partial charge in [-0.05, 0) is 28.1 Å². The van der Waals surface area contributed by atoms with Gasteiger partial charge in [0.1, 0.15) is 6.04 Å². The first-order chi connectivity index (χ1) is 8.70. The second-order valence-electron chi connectivity index (χ2n) is 4.05. The summed E-state index contributed by atoms with van der Waals surface area (Å²) in [5, 5.41) is 0. The molecule has 1 unspecified atom stereocenters. The minimum Gasteiger partial charge on any atom is -0.468 e. The fourth-order valence-corrected chi connectivity index (χ4v) is 2.12. The molecule has 0 N–H and O–H groups in total. The number of nitrogens with zero attached hydrogens (tertiary/aromatic N) is 2. The van der Waals surface area contributed by atoms with Crippen molar-refractivity contribution in [1.29, 1.82) is 0 Å². The van der Waals surface area contributed by atoms with Crippen molar-refractivity contribution < 1.29 is 14.3 Å². The maximum absolute atomic E-state index is 11.6. The topological polar surface area (TPSA) is 51.7 Å². The summed E-state index contributed by atoms with van der Waals surface area (Å²) in [5.41, 5.74) is 0.925. The average Bonchev–Trinajstić information content (AvgIpc) is 2.41. The lowest BCUT2D eigenvalue weighted by Gasteiger charge is -2.33. The number of hydrogen-bond donors (Lipinski definition) is 0. The molecule has 1 fully saturated rings. The number of hydrogen-bond acceptors (Lipinski definition) is 5. The first kappa shape index (κ1) is 13.5. The lowest BCUT2D eigenvalue weighted by Crippen LogP contribution is -2.49. The Bertz CT molecular complexity index is 410. The first-order valence-corrected chi connectivity index (χ1v) is 6.50. The number of esters is 1. The van der Waals surface area contributed by atoms with Gasteiger partial charge in [0.15, 0.2) is 0 Å². The Morgan fingerprint density at radius 1 is 1.67 bits per heavy atom. The van der Waals surface area contributed by atoms with E-state index >= 15 is 0 Å². The van der Waals surface area contributed by atoms with Crippen LogP contribution in [0.4, 0.5) is 0 Å². The zero-order chi connectivity index (χ0) is 13.0. The highest BCUT2D eigenvalue weighted by Gasteiger charge is 2.30. The van der Waals surface area contributed by atoms with E-state index in [1.165, 1.54) is 7.11 Å². The van der Waals surface area contributed by atoms with Crippen molar-refractivity contribution in [3.8, 4) is 0 Å². The summed E-state index contributed by atoms with van der Waals surface area (Å²) < 4.78 is 11.1. The Hall–Kier alpha value is -0.980. The van der Waals surface area contributed by atoms with Gasteiger partial charge in [-0.1, -0.05) is 0 Å². The molecule has 18 heavy (non-hydrogen) atoms. The molecule has 1 aromatic rings. The quantitative estimate of drug-likeness (QED) is 0.785. The van der Waals surface area contributed by atoms with Gasteiger partial charge in [-0.25, -0.2) is 0 Å². The number of ether oxygens (including phenoxy) is 2. The molecule has 0 spiro atoms. The Kier molecular flexibility index (Phi) is 4.68. The van der Waals surface area contributed by atoms with Crippen molar-refractivity contribution in [3.05, 3.63) is 28.5 Å². The van der Waals surface area contributed by atoms with E-state index in [-0.39, 0.29) is 12.0 Å². The highest BCUT2D eigenvalue weighted by molar-refractivity contribution is 9.10. The van der Waals surface area contributed by atoms with Gasteiger partial charge in [-0.2, -0.15) is 0 Å². The van der Waals surface area contributed by atoms with Crippen LogP contribution in [-0.4, -0.2) is 48.8 Å². The van der Waals surface area contributed by atoms with Crippen molar-refractivity contribution in [2.24, 2.45) is 0 Å². The minimum atomic E-state index is -0.339. The van der Waals surface area contributed by atoms with E-state index in [1.807, 2.05) is 17.0 Å². The molecule has 1 aliphatic heterocycles. The van der Waals surface area contributed by atoms with Crippen molar-refractivity contribution in [3.63, 3.8) is 0 Å². The van der Waals surface area contributed by atoms with Crippen LogP contribution >= 0.6 is 15.9 Å². The summed E-state index contributed by atoms with van der Waals surface area (Å²) in [6.07, 6.45) is 1.75. The van der Waals surface area contributed by atoms with Gasteiger partial charge >= 0.3 is 5.97 Å². The van der Waals surface area contributed by atoms with Crippen molar-refractivity contribution >= 4 is 21.9 Å². The Labute approximate surface area is 114 Å². The van der Waals surface area contributed by atoms with Crippen LogP contribution in [0.2, 0.25) is 0 Å². The van der Waals surface area contributed by atoms with Gasteiger partial charge in [0, 0.05) is 23.8 Å². The average molecular weight is 315 g/mol. The van der Waals surface area contributed by atoms with E-state index < -0.39 is 0 Å². The first-order valence-electron chi connectivity index (χ1n) is 5.71. The smallest absolute Gasteiger partial charge is 0.325 e. The van der Waals surface area contributed by atoms with Crippen LogP contribution < -0.4 is 0 Å². The maximum Gasteiger partial charge on any atom is 0.325 e. The summed E-state index contributed by atoms with van der Waals surface area (Å²) in [6, 6.07) is 3.54. The van der Waals surface area contributed by atoms with Gasteiger partial charge in [0.25, 0.3) is 0 Å². The molecular weight excluding hydrogens is 300 g/mol. The van der Waals surface area contributed by atoms with E-state index in [4.69, 9.17) is 9.47 Å². The highest BCUT2D eigenvalue weighted by atomic mass is 79.9. The van der Waals surface area contributed by atoms with E-state index in [1.54, 1.807) is 6.20 Å². The fraction of sp³-hybridized carbons (Fsp3) is 0.500. The zero-order valence-electron chi connectivity index (χ0n) is 10.1. The van der Waals surface area contributed by atoms with Crippen LogP contribution in [0.5, 0.6) is 0 Å². The van der Waals surface area contributed by atoms with Crippen LogP contribution in [0.3, 0.4) is 0 Å². The van der Waals surface area contributed by atoms with Gasteiger partial charge in [0.2, 0.25) is 0 Å². The fourth-order valence-electron chi connectivity index (χ4n) is 1.89. The molecule has 0 amide bonds. The third kappa shape index (κ3) is 3.28. The second-order valence-corrected chi connectivity index (χ2v) is 4.97. The molecule has 2 heterocycles. The maximum atomic E-state index is 11.6. The van der Waals surface area contributed by atoms with Gasteiger partial charge in [0.05, 0.1) is 26.0 Å². The summed E-state index contributed by atoms with van der Waals surface area (Å²) in [5.74, 6) is -0.258. The molecule has 1 aliphatic rings. The molecule has 0 aliphatic carbocycles. The molecule has 6 heteroatoms. The summed E-state index contributed by atoms with van der Waals surface area (Å²) in [7, 11) is 1.40. The molecule has 2 rings (SSSR count). The van der Waals surface area contributed by atoms with Crippen molar-refractivity contribution in [2.45, 2.75) is 12.6 Å². The van der Waals surface area contributed by atoms with Crippen LogP contribution in [0.15, 0.2) is 22.8 Å². The lowest BCUT2D eigenvalue weighted by molar-refractivity contribution is -0.153. The number of pyridine rings is 1. The third-order valence-electron chi connectivity index (χ3n) is 2.87. The third-order valence-corrected chi connectivity index (χ3v) is 3.34. The number of aromatic nitrogens is 1. The number of methoxy groups -OCH3 is 1. The monoisotopic (exact) mass is 314 g/mol. The van der Waals surface area contributed by atoms with Gasteiger partial charge in [-0.3, -0.25) is 14.7 Å². The molecule has 5 nitrogen and oxygen atoms in total. The number of carbonyl (C=O) groups is 1. The molecule has 1 atom stereocenters. The molecule has 0 saturated carbocycles. The van der Waals surface area contributed by atoms with E-state index in [9.17, 15) is 4.79 Å². The van der Waals surface area contributed by atoms with Crippen LogP contribution in [-0.2, 0) is 20.8 Å². The van der Waals surface area contributed by atoms with Crippen LogP contribution in [0, 0.1) is 0 Å². The second kappa shape index (κ2) is 6.26. The Morgan fingerprint density at radius 3 is 3.17 bits per heavy atom. The van der Waals surface area contributed by atoms with Gasteiger partial charge < -0.3 is 9.47 Å². The Morgan fingerprint density at radius 2 is 2.50 bits per heavy atom. The normalized spacial score (nSPS) is 20.7. The number of halogens is 1. The molecule has 0 bridgehead atoms. The van der Waals surface area contributed by atoms with Crippen LogP contribution in [0.1, 0.15) is 5.69 Å². The molecule has 1 saturated heterocycles. The minimum absolute atomic E-state index is 0.258. The van der Waals surface area contributed by atoms with Crippen molar-refractivity contribution in [2.75, 3.05) is 26.9 Å².